The summed E-state index contributed by atoms with van der Waals surface area (Å²) in [7, 11) is 0. The van der Waals surface area contributed by atoms with Crippen molar-refractivity contribution in [3.05, 3.63) is 46.6 Å². The third-order valence-electron chi connectivity index (χ3n) is 7.75. The Labute approximate surface area is 183 Å². The monoisotopic (exact) mass is 421 g/mol. The fourth-order valence-electron chi connectivity index (χ4n) is 6.45. The van der Waals surface area contributed by atoms with Gasteiger partial charge >= 0.3 is 0 Å². The molecule has 30 heavy (non-hydrogen) atoms. The van der Waals surface area contributed by atoms with Crippen molar-refractivity contribution in [1.29, 1.82) is 5.26 Å². The number of nitrogens with one attached hydrogen (secondary N) is 2. The van der Waals surface area contributed by atoms with Crippen molar-refractivity contribution in [1.82, 2.24) is 9.97 Å². The van der Waals surface area contributed by atoms with Gasteiger partial charge in [-0.3, -0.25) is 0 Å². The molecule has 1 aromatic heterocycles. The van der Waals surface area contributed by atoms with Gasteiger partial charge in [0.15, 0.2) is 0 Å². The van der Waals surface area contributed by atoms with Crippen LogP contribution in [0.2, 0.25) is 5.02 Å². The van der Waals surface area contributed by atoms with E-state index in [-0.39, 0.29) is 0 Å². The van der Waals surface area contributed by atoms with Gasteiger partial charge in [0.25, 0.3) is 0 Å². The highest BCUT2D eigenvalue weighted by molar-refractivity contribution is 6.30. The van der Waals surface area contributed by atoms with Crippen molar-refractivity contribution >= 4 is 23.4 Å². The van der Waals surface area contributed by atoms with Crippen LogP contribution in [0, 0.1) is 40.4 Å². The van der Waals surface area contributed by atoms with E-state index in [1.807, 2.05) is 24.3 Å². The molecule has 6 rings (SSSR count). The highest BCUT2D eigenvalue weighted by atomic mass is 35.5. The predicted molar refractivity (Wildman–Crippen MR) is 119 cm³/mol. The molecule has 0 aliphatic heterocycles. The van der Waals surface area contributed by atoms with E-state index in [1.165, 1.54) is 32.1 Å². The maximum absolute atomic E-state index is 9.54. The summed E-state index contributed by atoms with van der Waals surface area (Å²) in [5, 5.41) is 17.0. The molecule has 3 unspecified atom stereocenters. The topological polar surface area (TPSA) is 73.6 Å². The Morgan fingerprint density at radius 3 is 2.73 bits per heavy atom. The van der Waals surface area contributed by atoms with Crippen LogP contribution in [0.15, 0.2) is 30.5 Å². The molecule has 4 bridgehead atoms. The molecule has 4 aliphatic rings. The van der Waals surface area contributed by atoms with E-state index in [2.05, 4.69) is 33.6 Å². The Morgan fingerprint density at radius 2 is 2.00 bits per heavy atom. The Hall–Kier alpha value is -2.32. The molecule has 0 amide bonds. The first-order valence-corrected chi connectivity index (χ1v) is 11.4. The van der Waals surface area contributed by atoms with Crippen LogP contribution in [0.1, 0.15) is 50.2 Å². The van der Waals surface area contributed by atoms with E-state index in [4.69, 9.17) is 11.6 Å². The van der Waals surface area contributed by atoms with Gasteiger partial charge in [0.05, 0.1) is 6.20 Å². The second-order valence-electron chi connectivity index (χ2n) is 9.73. The number of anilines is 2. The molecule has 5 atom stereocenters. The molecular formula is C24H28ClN5. The minimum Gasteiger partial charge on any atom is -0.368 e. The quantitative estimate of drug-likeness (QED) is 0.645. The van der Waals surface area contributed by atoms with Crippen LogP contribution in [0.4, 0.5) is 11.8 Å². The zero-order valence-corrected chi connectivity index (χ0v) is 18.1. The molecule has 4 saturated carbocycles. The van der Waals surface area contributed by atoms with Crippen LogP contribution >= 0.6 is 11.6 Å². The minimum absolute atomic E-state index is 0.370. The van der Waals surface area contributed by atoms with Crippen LogP contribution in [-0.2, 0) is 6.54 Å². The molecule has 6 heteroatoms. The first-order valence-electron chi connectivity index (χ1n) is 11.0. The molecule has 4 fully saturated rings. The number of benzene rings is 1. The molecule has 2 aromatic rings. The van der Waals surface area contributed by atoms with Gasteiger partial charge in [-0.25, -0.2) is 4.98 Å². The average molecular weight is 422 g/mol. The molecule has 156 valence electrons. The van der Waals surface area contributed by atoms with Crippen LogP contribution in [0.3, 0.4) is 0 Å². The number of halogens is 1. The third kappa shape index (κ3) is 3.74. The van der Waals surface area contributed by atoms with Crippen LogP contribution in [0.5, 0.6) is 0 Å². The normalized spacial score (nSPS) is 31.4. The summed E-state index contributed by atoms with van der Waals surface area (Å²) >= 11 is 6.07. The first kappa shape index (κ1) is 19.6. The maximum Gasteiger partial charge on any atom is 0.224 e. The zero-order chi connectivity index (χ0) is 20.7. The molecule has 0 radical (unpaired) electrons. The standard InChI is InChI=1S/C24H28ClN5/c1-15-18-5-17-6-19(15)10-24(8-17,9-18)14-29-22-20(11-26)13-28-23(30-22)27-12-16-3-2-4-21(25)7-16/h2-4,7,13,15,17-19H,5-6,8-10,12,14H2,1H3,(H2,27,28,29,30)/t15?,17?,18-,19+,24?. The first-order chi connectivity index (χ1) is 14.5. The largest absolute Gasteiger partial charge is 0.368 e. The van der Waals surface area contributed by atoms with Crippen molar-refractivity contribution in [2.75, 3.05) is 17.2 Å². The van der Waals surface area contributed by atoms with Crippen LogP contribution < -0.4 is 10.6 Å². The summed E-state index contributed by atoms with van der Waals surface area (Å²) in [6, 6.07) is 9.96. The Balaban J connectivity index is 1.28. The number of nitriles is 1. The average Bonchev–Trinajstić information content (AvgIpc) is 2.74. The number of rotatable bonds is 6. The fraction of sp³-hybridized carbons (Fsp3) is 0.542. The van der Waals surface area contributed by atoms with Gasteiger partial charge in [-0.05, 0) is 78.9 Å². The highest BCUT2D eigenvalue weighted by Gasteiger charge is 2.53. The molecule has 5 nitrogen and oxygen atoms in total. The van der Waals surface area contributed by atoms with Crippen molar-refractivity contribution in [2.24, 2.45) is 29.1 Å². The molecule has 0 spiro atoms. The van der Waals surface area contributed by atoms with Gasteiger partial charge in [0.1, 0.15) is 17.5 Å². The lowest BCUT2D eigenvalue weighted by Gasteiger charge is -2.59. The second kappa shape index (κ2) is 7.74. The van der Waals surface area contributed by atoms with E-state index < -0.39 is 0 Å². The molecule has 0 saturated heterocycles. The van der Waals surface area contributed by atoms with Gasteiger partial charge in [0.2, 0.25) is 5.95 Å². The summed E-state index contributed by atoms with van der Waals surface area (Å²) < 4.78 is 0. The molecular weight excluding hydrogens is 394 g/mol. The van der Waals surface area contributed by atoms with E-state index in [0.717, 1.165) is 35.8 Å². The number of hydrogen-bond acceptors (Lipinski definition) is 5. The van der Waals surface area contributed by atoms with E-state index in [1.54, 1.807) is 6.20 Å². The smallest absolute Gasteiger partial charge is 0.224 e. The summed E-state index contributed by atoms with van der Waals surface area (Å²) in [6.07, 6.45) is 8.42. The predicted octanol–water partition coefficient (Wildman–Crippen LogP) is 5.49. The van der Waals surface area contributed by atoms with Gasteiger partial charge < -0.3 is 10.6 Å². The maximum atomic E-state index is 9.54. The number of nitrogens with zero attached hydrogens (tertiary/aromatic N) is 3. The van der Waals surface area contributed by atoms with Crippen molar-refractivity contribution in [3.8, 4) is 6.07 Å². The summed E-state index contributed by atoms with van der Waals surface area (Å²) in [4.78, 5) is 8.94. The highest BCUT2D eigenvalue weighted by Crippen LogP contribution is 2.62. The van der Waals surface area contributed by atoms with Gasteiger partial charge in [-0.15, -0.1) is 0 Å². The molecule has 1 aromatic carbocycles. The van der Waals surface area contributed by atoms with Gasteiger partial charge in [0, 0.05) is 18.1 Å². The lowest BCUT2D eigenvalue weighted by atomic mass is 9.46. The molecule has 4 aliphatic carbocycles. The Morgan fingerprint density at radius 1 is 1.20 bits per heavy atom. The van der Waals surface area contributed by atoms with E-state index in [0.29, 0.717) is 34.3 Å². The Bertz CT molecular complexity index is 968. The van der Waals surface area contributed by atoms with E-state index in [9.17, 15) is 5.26 Å². The van der Waals surface area contributed by atoms with Crippen molar-refractivity contribution < 1.29 is 0 Å². The summed E-state index contributed by atoms with van der Waals surface area (Å²) in [6.45, 7) is 3.95. The number of hydrogen-bond donors (Lipinski definition) is 2. The minimum atomic E-state index is 0.370. The van der Waals surface area contributed by atoms with Crippen LogP contribution in [-0.4, -0.2) is 16.5 Å². The van der Waals surface area contributed by atoms with Crippen molar-refractivity contribution in [3.63, 3.8) is 0 Å². The van der Waals surface area contributed by atoms with Gasteiger partial charge in [-0.1, -0.05) is 30.7 Å². The van der Waals surface area contributed by atoms with E-state index >= 15 is 0 Å². The van der Waals surface area contributed by atoms with Crippen molar-refractivity contribution in [2.45, 2.75) is 45.6 Å². The summed E-state index contributed by atoms with van der Waals surface area (Å²) in [5.41, 5.74) is 1.93. The fourth-order valence-corrected chi connectivity index (χ4v) is 6.66. The lowest BCUT2D eigenvalue weighted by molar-refractivity contribution is -0.0822. The number of aromatic nitrogens is 2. The third-order valence-corrected chi connectivity index (χ3v) is 7.99. The lowest BCUT2D eigenvalue weighted by Crippen LogP contribution is -2.52. The second-order valence-corrected chi connectivity index (χ2v) is 10.2. The zero-order valence-electron chi connectivity index (χ0n) is 17.4. The Kier molecular flexibility index (Phi) is 5.06. The van der Waals surface area contributed by atoms with Gasteiger partial charge in [-0.2, -0.15) is 10.2 Å². The molecule has 1 heterocycles. The summed E-state index contributed by atoms with van der Waals surface area (Å²) in [5.74, 6) is 4.71. The SMILES string of the molecule is CC1[C@@H]2CC3C[C@H]1CC(CNc1nc(NCc4cccc(Cl)c4)ncc1C#N)(C3)C2. The molecule has 2 N–H and O–H groups in total. The van der Waals surface area contributed by atoms with Crippen LogP contribution in [0.25, 0.3) is 0 Å².